The van der Waals surface area contributed by atoms with Crippen LogP contribution in [0.4, 0.5) is 0 Å². The van der Waals surface area contributed by atoms with Crippen molar-refractivity contribution in [1.82, 2.24) is 10.2 Å². The summed E-state index contributed by atoms with van der Waals surface area (Å²) in [6.45, 7) is 0.185. The number of carbonyl (C=O) groups excluding carboxylic acids is 3. The van der Waals surface area contributed by atoms with E-state index < -0.39 is 0 Å². The van der Waals surface area contributed by atoms with Gasteiger partial charge < -0.3 is 5.32 Å². The fourth-order valence-corrected chi connectivity index (χ4v) is 4.47. The van der Waals surface area contributed by atoms with E-state index in [2.05, 4.69) is 17.4 Å². The predicted octanol–water partition coefficient (Wildman–Crippen LogP) is 2.52. The topological polar surface area (TPSA) is 66.5 Å². The summed E-state index contributed by atoms with van der Waals surface area (Å²) in [6.07, 6.45) is 8.43. The van der Waals surface area contributed by atoms with Crippen LogP contribution in [-0.4, -0.2) is 29.2 Å². The lowest BCUT2D eigenvalue weighted by molar-refractivity contribution is -0.140. The number of nitrogens with one attached hydrogen (secondary N) is 1. The number of nitrogens with zero attached hydrogens (tertiary/aromatic N) is 1. The van der Waals surface area contributed by atoms with Gasteiger partial charge in [-0.3, -0.25) is 19.3 Å². The van der Waals surface area contributed by atoms with Crippen LogP contribution in [0.15, 0.2) is 36.4 Å². The molecule has 0 radical (unpaired) electrons. The fraction of sp³-hybridized carbons (Fsp3) is 0.476. The second-order valence-corrected chi connectivity index (χ2v) is 7.45. The zero-order valence-corrected chi connectivity index (χ0v) is 14.8. The standard InChI is InChI=1S/C21H24N2O3/c24-19(22-18-11-5-7-14-6-1-2-8-15(14)18)12-13-23-20(25)16-9-3-4-10-17(16)21(23)26/h1-4,6,8,16-18H,5,7,9-13H2,(H,22,24)/t16-,17-,18-/m1/s1. The summed E-state index contributed by atoms with van der Waals surface area (Å²) >= 11 is 0. The molecule has 1 aromatic rings. The summed E-state index contributed by atoms with van der Waals surface area (Å²) in [5.41, 5.74) is 2.49. The highest BCUT2D eigenvalue weighted by Gasteiger charge is 2.46. The molecule has 3 amide bonds. The first-order valence-electron chi connectivity index (χ1n) is 9.52. The van der Waals surface area contributed by atoms with Gasteiger partial charge in [0, 0.05) is 13.0 Å². The molecule has 0 saturated carbocycles. The Balaban J connectivity index is 1.35. The van der Waals surface area contributed by atoms with Crippen LogP contribution in [-0.2, 0) is 20.8 Å². The minimum absolute atomic E-state index is 0.0317. The summed E-state index contributed by atoms with van der Waals surface area (Å²) < 4.78 is 0. The van der Waals surface area contributed by atoms with Crippen molar-refractivity contribution in [1.29, 1.82) is 0 Å². The molecule has 1 heterocycles. The Bertz CT molecular complexity index is 744. The van der Waals surface area contributed by atoms with Crippen LogP contribution in [0.2, 0.25) is 0 Å². The quantitative estimate of drug-likeness (QED) is 0.669. The number of imide groups is 1. The highest BCUT2D eigenvalue weighted by molar-refractivity contribution is 6.05. The van der Waals surface area contributed by atoms with Crippen LogP contribution in [0.5, 0.6) is 0 Å². The number of benzene rings is 1. The van der Waals surface area contributed by atoms with Gasteiger partial charge in [0.2, 0.25) is 17.7 Å². The zero-order chi connectivity index (χ0) is 18.1. The predicted molar refractivity (Wildman–Crippen MR) is 97.0 cm³/mol. The average Bonchev–Trinajstić information content (AvgIpc) is 2.91. The molecule has 1 aliphatic heterocycles. The highest BCUT2D eigenvalue weighted by atomic mass is 16.2. The van der Waals surface area contributed by atoms with Gasteiger partial charge >= 0.3 is 0 Å². The molecule has 2 aliphatic carbocycles. The molecule has 5 nitrogen and oxygen atoms in total. The summed E-state index contributed by atoms with van der Waals surface area (Å²) in [5.74, 6) is -0.762. The van der Waals surface area contributed by atoms with Crippen molar-refractivity contribution in [2.24, 2.45) is 11.8 Å². The molecule has 4 rings (SSSR count). The number of allylic oxidation sites excluding steroid dienone is 2. The molecule has 1 saturated heterocycles. The molecule has 136 valence electrons. The number of likely N-dealkylation sites (tertiary alicyclic amines) is 1. The van der Waals surface area contributed by atoms with Gasteiger partial charge in [-0.25, -0.2) is 0 Å². The lowest BCUT2D eigenvalue weighted by Gasteiger charge is -2.26. The first kappa shape index (κ1) is 17.0. The van der Waals surface area contributed by atoms with Crippen molar-refractivity contribution < 1.29 is 14.4 Å². The molecule has 1 N–H and O–H groups in total. The molecular formula is C21H24N2O3. The minimum atomic E-state index is -0.221. The normalized spacial score (nSPS) is 27.2. The Morgan fingerprint density at radius 2 is 1.77 bits per heavy atom. The Kier molecular flexibility index (Phi) is 4.62. The summed E-state index contributed by atoms with van der Waals surface area (Å²) in [7, 11) is 0. The van der Waals surface area contributed by atoms with E-state index in [-0.39, 0.29) is 48.6 Å². The average molecular weight is 352 g/mol. The van der Waals surface area contributed by atoms with Crippen molar-refractivity contribution >= 4 is 17.7 Å². The van der Waals surface area contributed by atoms with Gasteiger partial charge in [0.25, 0.3) is 0 Å². The van der Waals surface area contributed by atoms with E-state index in [0.29, 0.717) is 12.8 Å². The fourth-order valence-electron chi connectivity index (χ4n) is 4.47. The smallest absolute Gasteiger partial charge is 0.233 e. The van der Waals surface area contributed by atoms with E-state index in [1.807, 2.05) is 24.3 Å². The van der Waals surface area contributed by atoms with Gasteiger partial charge in [0.05, 0.1) is 17.9 Å². The van der Waals surface area contributed by atoms with Crippen LogP contribution in [0.3, 0.4) is 0 Å². The second-order valence-electron chi connectivity index (χ2n) is 7.45. The molecule has 3 aliphatic rings. The number of carbonyl (C=O) groups is 3. The van der Waals surface area contributed by atoms with Gasteiger partial charge in [-0.05, 0) is 43.2 Å². The lowest BCUT2D eigenvalue weighted by Crippen LogP contribution is -2.37. The lowest BCUT2D eigenvalue weighted by atomic mass is 9.85. The van der Waals surface area contributed by atoms with Crippen molar-refractivity contribution in [3.8, 4) is 0 Å². The number of rotatable bonds is 4. The van der Waals surface area contributed by atoms with E-state index in [9.17, 15) is 14.4 Å². The Hall–Kier alpha value is -2.43. The number of hydrogen-bond acceptors (Lipinski definition) is 3. The maximum Gasteiger partial charge on any atom is 0.233 e. The van der Waals surface area contributed by atoms with Crippen LogP contribution in [0.25, 0.3) is 0 Å². The van der Waals surface area contributed by atoms with Gasteiger partial charge in [0.15, 0.2) is 0 Å². The van der Waals surface area contributed by atoms with Gasteiger partial charge in [-0.1, -0.05) is 36.4 Å². The molecule has 3 atom stereocenters. The zero-order valence-electron chi connectivity index (χ0n) is 14.8. The third-order valence-corrected chi connectivity index (χ3v) is 5.87. The van der Waals surface area contributed by atoms with Gasteiger partial charge in [-0.2, -0.15) is 0 Å². The molecule has 26 heavy (non-hydrogen) atoms. The maximum absolute atomic E-state index is 12.5. The highest BCUT2D eigenvalue weighted by Crippen LogP contribution is 2.35. The minimum Gasteiger partial charge on any atom is -0.349 e. The van der Waals surface area contributed by atoms with Crippen molar-refractivity contribution in [3.63, 3.8) is 0 Å². The monoisotopic (exact) mass is 352 g/mol. The number of hydrogen-bond donors (Lipinski definition) is 1. The molecule has 5 heteroatoms. The molecule has 0 unspecified atom stereocenters. The van der Waals surface area contributed by atoms with E-state index >= 15 is 0 Å². The summed E-state index contributed by atoms with van der Waals surface area (Å²) in [6, 6.07) is 8.25. The summed E-state index contributed by atoms with van der Waals surface area (Å²) in [4.78, 5) is 38.6. The van der Waals surface area contributed by atoms with Crippen LogP contribution < -0.4 is 5.32 Å². The number of aryl methyl sites for hydroxylation is 1. The van der Waals surface area contributed by atoms with Crippen LogP contribution in [0.1, 0.15) is 49.3 Å². The van der Waals surface area contributed by atoms with Crippen molar-refractivity contribution in [2.75, 3.05) is 6.54 Å². The second kappa shape index (κ2) is 7.06. The van der Waals surface area contributed by atoms with Gasteiger partial charge in [0.1, 0.15) is 0 Å². The van der Waals surface area contributed by atoms with E-state index in [0.717, 1.165) is 19.3 Å². The van der Waals surface area contributed by atoms with E-state index in [1.165, 1.54) is 16.0 Å². The van der Waals surface area contributed by atoms with Gasteiger partial charge in [-0.15, -0.1) is 0 Å². The Morgan fingerprint density at radius 1 is 1.08 bits per heavy atom. The molecule has 1 fully saturated rings. The molecule has 0 spiro atoms. The van der Waals surface area contributed by atoms with Crippen LogP contribution in [0, 0.1) is 11.8 Å². The Labute approximate surface area is 153 Å². The third kappa shape index (κ3) is 3.06. The van der Waals surface area contributed by atoms with E-state index in [4.69, 9.17) is 0 Å². The summed E-state index contributed by atoms with van der Waals surface area (Å²) in [5, 5.41) is 3.09. The first-order valence-corrected chi connectivity index (χ1v) is 9.52. The SMILES string of the molecule is O=C(CCN1C(=O)[C@@H]2CC=CC[C@H]2C1=O)N[C@@H]1CCCc2ccccc21. The number of amides is 3. The molecule has 0 aromatic heterocycles. The molecule has 1 aromatic carbocycles. The molecular weight excluding hydrogens is 328 g/mol. The Morgan fingerprint density at radius 3 is 2.50 bits per heavy atom. The molecule has 0 bridgehead atoms. The van der Waals surface area contributed by atoms with E-state index in [1.54, 1.807) is 0 Å². The van der Waals surface area contributed by atoms with Crippen LogP contribution >= 0.6 is 0 Å². The largest absolute Gasteiger partial charge is 0.349 e. The third-order valence-electron chi connectivity index (χ3n) is 5.87. The maximum atomic E-state index is 12.5. The first-order chi connectivity index (χ1) is 12.6. The van der Waals surface area contributed by atoms with Crippen molar-refractivity contribution in [2.45, 2.75) is 44.6 Å². The van der Waals surface area contributed by atoms with Crippen molar-refractivity contribution in [3.05, 3.63) is 47.5 Å². The number of fused-ring (bicyclic) bond motifs is 2.